The number of phosphoric acid groups is 1. The van der Waals surface area contributed by atoms with E-state index in [0.29, 0.717) is 11.2 Å². The molecule has 144 valence electrons. The molecular formula is C13H20N5O7P. The normalized spacial score (nSPS) is 28.7. The molecule has 0 spiro atoms. The van der Waals surface area contributed by atoms with Gasteiger partial charge in [0.15, 0.2) is 17.7 Å². The Morgan fingerprint density at radius 1 is 1.35 bits per heavy atom. The maximum absolute atomic E-state index is 11.8. The molecule has 26 heavy (non-hydrogen) atoms. The number of anilines is 1. The summed E-state index contributed by atoms with van der Waals surface area (Å²) in [6.07, 6.45) is -2.76. The van der Waals surface area contributed by atoms with Crippen LogP contribution in [0.3, 0.4) is 0 Å². The molecule has 1 saturated heterocycles. The maximum Gasteiger partial charge on any atom is 0.472 e. The van der Waals surface area contributed by atoms with E-state index >= 15 is 0 Å². The van der Waals surface area contributed by atoms with Gasteiger partial charge in [0.2, 0.25) is 0 Å². The molecule has 1 fully saturated rings. The van der Waals surface area contributed by atoms with Crippen LogP contribution in [0.15, 0.2) is 12.7 Å². The fourth-order valence-electron chi connectivity index (χ4n) is 2.62. The summed E-state index contributed by atoms with van der Waals surface area (Å²) in [5, 5.41) is 20.5. The molecule has 0 aromatic carbocycles. The molecule has 0 aliphatic carbocycles. The highest BCUT2D eigenvalue weighted by atomic mass is 31.2. The Morgan fingerprint density at radius 3 is 2.77 bits per heavy atom. The van der Waals surface area contributed by atoms with Crippen LogP contribution < -0.4 is 5.73 Å². The van der Waals surface area contributed by atoms with Crippen molar-refractivity contribution in [3.8, 4) is 0 Å². The second-order valence-corrected chi connectivity index (χ2v) is 7.45. The number of ether oxygens (including phenoxy) is 1. The van der Waals surface area contributed by atoms with Crippen molar-refractivity contribution in [2.24, 2.45) is 0 Å². The van der Waals surface area contributed by atoms with Crippen molar-refractivity contribution < 1.29 is 33.5 Å². The lowest BCUT2D eigenvalue weighted by Crippen LogP contribution is -2.33. The Morgan fingerprint density at radius 2 is 2.08 bits per heavy atom. The third kappa shape index (κ3) is 3.71. The maximum atomic E-state index is 11.8. The molecule has 0 bridgehead atoms. The van der Waals surface area contributed by atoms with Crippen LogP contribution in [-0.2, 0) is 18.3 Å². The van der Waals surface area contributed by atoms with Crippen LogP contribution in [0.2, 0.25) is 0 Å². The fraction of sp³-hybridized carbons (Fsp3) is 0.615. The largest absolute Gasteiger partial charge is 0.472 e. The SMILES string of the molecule is CC(C)OP(=O)(O)OC[C@H]1O[C@@H](n2cnc3c(N)ncnc32)[C@H](O)[C@@H]1O. The molecule has 3 heterocycles. The summed E-state index contributed by atoms with van der Waals surface area (Å²) in [7, 11) is -4.30. The summed E-state index contributed by atoms with van der Waals surface area (Å²) < 4.78 is 28.3. The van der Waals surface area contributed by atoms with Crippen LogP contribution in [0.4, 0.5) is 5.82 Å². The summed E-state index contributed by atoms with van der Waals surface area (Å²) in [6, 6.07) is 0. The third-order valence-electron chi connectivity index (χ3n) is 3.74. The van der Waals surface area contributed by atoms with Crippen molar-refractivity contribution in [3.63, 3.8) is 0 Å². The van der Waals surface area contributed by atoms with Gasteiger partial charge in [0.25, 0.3) is 0 Å². The van der Waals surface area contributed by atoms with Gasteiger partial charge in [-0.25, -0.2) is 19.5 Å². The Bertz CT molecular complexity index is 830. The van der Waals surface area contributed by atoms with Gasteiger partial charge in [-0.1, -0.05) is 0 Å². The first-order valence-electron chi connectivity index (χ1n) is 7.80. The average Bonchev–Trinajstić information content (AvgIpc) is 3.08. The van der Waals surface area contributed by atoms with E-state index in [1.165, 1.54) is 17.2 Å². The molecule has 12 nitrogen and oxygen atoms in total. The predicted molar refractivity (Wildman–Crippen MR) is 87.7 cm³/mol. The summed E-state index contributed by atoms with van der Waals surface area (Å²) in [5.41, 5.74) is 6.35. The summed E-state index contributed by atoms with van der Waals surface area (Å²) in [5.74, 6) is 0.161. The number of nitrogens with zero attached hydrogens (tertiary/aromatic N) is 4. The summed E-state index contributed by atoms with van der Waals surface area (Å²) >= 11 is 0. The van der Waals surface area contributed by atoms with Gasteiger partial charge in [0.1, 0.15) is 30.2 Å². The van der Waals surface area contributed by atoms with Gasteiger partial charge in [0.05, 0.1) is 19.0 Å². The molecule has 2 aromatic heterocycles. The van der Waals surface area contributed by atoms with Gasteiger partial charge < -0.3 is 25.6 Å². The predicted octanol–water partition coefficient (Wildman–Crippen LogP) is -0.430. The minimum atomic E-state index is -4.30. The molecular weight excluding hydrogens is 369 g/mol. The van der Waals surface area contributed by atoms with Crippen molar-refractivity contribution in [3.05, 3.63) is 12.7 Å². The first kappa shape index (κ1) is 19.1. The zero-order chi connectivity index (χ0) is 19.1. The molecule has 3 rings (SSSR count). The highest BCUT2D eigenvalue weighted by Crippen LogP contribution is 2.45. The highest BCUT2D eigenvalue weighted by Gasteiger charge is 2.45. The van der Waals surface area contributed by atoms with E-state index < -0.39 is 45.1 Å². The minimum absolute atomic E-state index is 0.161. The summed E-state index contributed by atoms with van der Waals surface area (Å²) in [6.45, 7) is 2.69. The van der Waals surface area contributed by atoms with Gasteiger partial charge in [-0.05, 0) is 13.8 Å². The first-order valence-corrected chi connectivity index (χ1v) is 9.29. The number of aliphatic hydroxyl groups excluding tert-OH is 2. The minimum Gasteiger partial charge on any atom is -0.387 e. The van der Waals surface area contributed by atoms with Crippen LogP contribution >= 0.6 is 7.82 Å². The second-order valence-electron chi connectivity index (χ2n) is 6.05. The third-order valence-corrected chi connectivity index (χ3v) is 4.91. The van der Waals surface area contributed by atoms with Gasteiger partial charge in [-0.3, -0.25) is 13.6 Å². The number of phosphoric ester groups is 1. The molecule has 5 atom stereocenters. The lowest BCUT2D eigenvalue weighted by Gasteiger charge is -2.18. The standard InChI is InChI=1S/C13H20N5O7P/c1-6(2)25-26(21,22)23-3-7-9(19)10(20)13(24-7)18-5-17-8-11(14)15-4-16-12(8)18/h4-7,9-10,13,19-20H,3H2,1-2H3,(H,21,22)(H2,14,15,16)/t7-,9-,10-,13-/m1/s1. The highest BCUT2D eigenvalue weighted by molar-refractivity contribution is 7.47. The van der Waals surface area contributed by atoms with Crippen molar-refractivity contribution in [1.82, 2.24) is 19.5 Å². The number of hydrogen-bond donors (Lipinski definition) is 4. The lowest BCUT2D eigenvalue weighted by atomic mass is 10.1. The molecule has 5 N–H and O–H groups in total. The zero-order valence-electron chi connectivity index (χ0n) is 14.0. The van der Waals surface area contributed by atoms with Crippen LogP contribution in [0, 0.1) is 0 Å². The van der Waals surface area contributed by atoms with Gasteiger partial charge in [0, 0.05) is 0 Å². The molecule has 0 saturated carbocycles. The van der Waals surface area contributed by atoms with Crippen molar-refractivity contribution >= 4 is 24.8 Å². The Hall–Kier alpha value is -1.66. The number of rotatable bonds is 6. The van der Waals surface area contributed by atoms with Gasteiger partial charge >= 0.3 is 7.82 Å². The van der Waals surface area contributed by atoms with E-state index in [-0.39, 0.29) is 5.82 Å². The topological polar surface area (TPSA) is 175 Å². The van der Waals surface area contributed by atoms with Crippen molar-refractivity contribution in [2.45, 2.75) is 44.5 Å². The van der Waals surface area contributed by atoms with E-state index in [0.717, 1.165) is 0 Å². The number of fused-ring (bicyclic) bond motifs is 1. The van der Waals surface area contributed by atoms with Crippen LogP contribution in [0.1, 0.15) is 20.1 Å². The van der Waals surface area contributed by atoms with Crippen LogP contribution in [0.5, 0.6) is 0 Å². The lowest BCUT2D eigenvalue weighted by molar-refractivity contribution is -0.0521. The molecule has 1 aliphatic heterocycles. The quantitative estimate of drug-likeness (QED) is 0.472. The molecule has 0 radical (unpaired) electrons. The molecule has 2 aromatic rings. The monoisotopic (exact) mass is 389 g/mol. The molecule has 0 amide bonds. The Balaban J connectivity index is 1.75. The fourth-order valence-corrected chi connectivity index (χ4v) is 3.55. The first-order chi connectivity index (χ1) is 12.2. The van der Waals surface area contributed by atoms with Crippen LogP contribution in [0.25, 0.3) is 11.2 Å². The summed E-state index contributed by atoms with van der Waals surface area (Å²) in [4.78, 5) is 21.5. The number of nitrogen functional groups attached to an aromatic ring is 1. The van der Waals surface area contributed by atoms with E-state index in [4.69, 9.17) is 19.5 Å². The molecule has 1 unspecified atom stereocenters. The zero-order valence-corrected chi connectivity index (χ0v) is 14.9. The van der Waals surface area contributed by atoms with Crippen molar-refractivity contribution in [1.29, 1.82) is 0 Å². The number of aromatic nitrogens is 4. The van der Waals surface area contributed by atoms with Crippen LogP contribution in [-0.4, -0.2) is 65.6 Å². The average molecular weight is 389 g/mol. The number of imidazole rings is 1. The number of nitrogens with two attached hydrogens (primary N) is 1. The number of aliphatic hydroxyl groups is 2. The van der Waals surface area contributed by atoms with E-state index in [2.05, 4.69) is 15.0 Å². The van der Waals surface area contributed by atoms with Gasteiger partial charge in [-0.15, -0.1) is 0 Å². The second kappa shape index (κ2) is 7.16. The van der Waals surface area contributed by atoms with Crippen molar-refractivity contribution in [2.75, 3.05) is 12.3 Å². The number of hydrogen-bond acceptors (Lipinski definition) is 10. The van der Waals surface area contributed by atoms with E-state index in [1.54, 1.807) is 13.8 Å². The molecule has 13 heteroatoms. The Labute approximate surface area is 148 Å². The Kier molecular flexibility index (Phi) is 5.26. The smallest absolute Gasteiger partial charge is 0.387 e. The van der Waals surface area contributed by atoms with E-state index in [1.807, 2.05) is 0 Å². The van der Waals surface area contributed by atoms with Gasteiger partial charge in [-0.2, -0.15) is 0 Å². The molecule has 1 aliphatic rings. The van der Waals surface area contributed by atoms with E-state index in [9.17, 15) is 19.7 Å².